The van der Waals surface area contributed by atoms with E-state index in [1.165, 1.54) is 0 Å². The Hall–Kier alpha value is -2.53. The lowest BCUT2D eigenvalue weighted by Crippen LogP contribution is -2.11. The maximum Gasteiger partial charge on any atom is 0.291 e. The minimum Gasteiger partial charge on any atom is -0.486 e. The highest BCUT2D eigenvalue weighted by molar-refractivity contribution is 9.10. The van der Waals surface area contributed by atoms with Crippen LogP contribution in [-0.2, 0) is 6.61 Å². The fraction of sp³-hybridized carbons (Fsp3) is 0.105. The largest absolute Gasteiger partial charge is 0.486 e. The van der Waals surface area contributed by atoms with Gasteiger partial charge in [-0.3, -0.25) is 4.79 Å². The number of hydrogen-bond donors (Lipinski definition) is 1. The maximum absolute atomic E-state index is 12.2. The molecule has 0 aliphatic carbocycles. The number of carbonyl (C=O) groups is 1. The highest BCUT2D eigenvalue weighted by atomic mass is 79.9. The molecule has 1 aromatic heterocycles. The highest BCUT2D eigenvalue weighted by Crippen LogP contribution is 2.21. The molecule has 2 aromatic carbocycles. The van der Waals surface area contributed by atoms with Gasteiger partial charge < -0.3 is 14.5 Å². The third-order valence-electron chi connectivity index (χ3n) is 3.43. The van der Waals surface area contributed by atoms with Crippen LogP contribution in [0.5, 0.6) is 5.75 Å². The van der Waals surface area contributed by atoms with Crippen LogP contribution in [-0.4, -0.2) is 5.91 Å². The van der Waals surface area contributed by atoms with E-state index >= 15 is 0 Å². The Morgan fingerprint density at radius 2 is 1.92 bits per heavy atom. The van der Waals surface area contributed by atoms with Crippen molar-refractivity contribution in [2.75, 3.05) is 5.32 Å². The zero-order valence-corrected chi connectivity index (χ0v) is 14.7. The van der Waals surface area contributed by atoms with Crippen LogP contribution in [0.2, 0.25) is 0 Å². The Morgan fingerprint density at radius 1 is 1.12 bits per heavy atom. The van der Waals surface area contributed by atoms with Gasteiger partial charge in [0, 0.05) is 10.2 Å². The summed E-state index contributed by atoms with van der Waals surface area (Å²) >= 11 is 3.44. The van der Waals surface area contributed by atoms with Crippen LogP contribution in [0, 0.1) is 6.92 Å². The molecule has 122 valence electrons. The van der Waals surface area contributed by atoms with Gasteiger partial charge in [0.1, 0.15) is 18.1 Å². The Bertz CT molecular complexity index is 843. The van der Waals surface area contributed by atoms with E-state index in [0.717, 1.165) is 21.5 Å². The minimum atomic E-state index is -0.289. The van der Waals surface area contributed by atoms with Crippen LogP contribution >= 0.6 is 15.9 Å². The summed E-state index contributed by atoms with van der Waals surface area (Å²) in [6, 6.07) is 18.5. The van der Waals surface area contributed by atoms with E-state index in [-0.39, 0.29) is 18.3 Å². The number of para-hydroxylation sites is 1. The van der Waals surface area contributed by atoms with E-state index in [4.69, 9.17) is 9.15 Å². The minimum absolute atomic E-state index is 0.252. The molecular formula is C19H16BrNO3. The average molecular weight is 386 g/mol. The van der Waals surface area contributed by atoms with Gasteiger partial charge in [0.2, 0.25) is 0 Å². The topological polar surface area (TPSA) is 51.5 Å². The third-order valence-corrected chi connectivity index (χ3v) is 4.32. The number of nitrogens with one attached hydrogen (secondary N) is 1. The Labute approximate surface area is 148 Å². The summed E-state index contributed by atoms with van der Waals surface area (Å²) in [6.07, 6.45) is 0. The number of aryl methyl sites for hydroxylation is 1. The summed E-state index contributed by atoms with van der Waals surface area (Å²) < 4.78 is 12.1. The number of anilines is 1. The Kier molecular flexibility index (Phi) is 5.01. The molecule has 1 amide bonds. The molecule has 0 saturated carbocycles. The quantitative estimate of drug-likeness (QED) is 0.657. The van der Waals surface area contributed by atoms with Gasteiger partial charge in [0.25, 0.3) is 5.91 Å². The molecule has 0 radical (unpaired) electrons. The molecule has 0 spiro atoms. The van der Waals surface area contributed by atoms with E-state index in [1.807, 2.05) is 55.5 Å². The predicted octanol–water partition coefficient (Wildman–Crippen LogP) is 5.18. The normalized spacial score (nSPS) is 10.4. The predicted molar refractivity (Wildman–Crippen MR) is 96.3 cm³/mol. The molecule has 0 aliphatic rings. The van der Waals surface area contributed by atoms with Crippen molar-refractivity contribution in [2.45, 2.75) is 13.5 Å². The van der Waals surface area contributed by atoms with Crippen LogP contribution in [0.3, 0.4) is 0 Å². The van der Waals surface area contributed by atoms with E-state index < -0.39 is 0 Å². The molecule has 0 bridgehead atoms. The van der Waals surface area contributed by atoms with E-state index in [1.54, 1.807) is 12.1 Å². The number of furan rings is 1. The first-order valence-corrected chi connectivity index (χ1v) is 8.25. The molecule has 0 fully saturated rings. The number of amides is 1. The molecule has 3 aromatic rings. The second-order valence-corrected chi connectivity index (χ2v) is 6.14. The second kappa shape index (κ2) is 7.36. The summed E-state index contributed by atoms with van der Waals surface area (Å²) in [7, 11) is 0. The smallest absolute Gasteiger partial charge is 0.291 e. The Balaban J connectivity index is 1.62. The molecule has 1 N–H and O–H groups in total. The monoisotopic (exact) mass is 385 g/mol. The molecule has 24 heavy (non-hydrogen) atoms. The zero-order chi connectivity index (χ0) is 16.9. The van der Waals surface area contributed by atoms with Crippen molar-refractivity contribution in [2.24, 2.45) is 0 Å². The molecule has 4 nitrogen and oxygen atoms in total. The summed E-state index contributed by atoms with van der Waals surface area (Å²) in [5.41, 5.74) is 1.77. The second-order valence-electron chi connectivity index (χ2n) is 5.29. The molecule has 1 heterocycles. The molecule has 3 rings (SSSR count). The third kappa shape index (κ3) is 4.06. The van der Waals surface area contributed by atoms with Crippen LogP contribution in [0.15, 0.2) is 69.6 Å². The lowest BCUT2D eigenvalue weighted by Gasteiger charge is -2.06. The Morgan fingerprint density at radius 3 is 2.67 bits per heavy atom. The highest BCUT2D eigenvalue weighted by Gasteiger charge is 2.12. The van der Waals surface area contributed by atoms with Gasteiger partial charge in [-0.25, -0.2) is 0 Å². The summed E-state index contributed by atoms with van der Waals surface area (Å²) in [5, 5.41) is 2.82. The number of benzene rings is 2. The lowest BCUT2D eigenvalue weighted by atomic mass is 10.2. The first-order chi connectivity index (χ1) is 11.6. The summed E-state index contributed by atoms with van der Waals surface area (Å²) in [6.45, 7) is 2.24. The van der Waals surface area contributed by atoms with Crippen LogP contribution in [0.25, 0.3) is 0 Å². The van der Waals surface area contributed by atoms with Crippen LogP contribution in [0.1, 0.15) is 21.9 Å². The van der Waals surface area contributed by atoms with Gasteiger partial charge in [-0.05, 0) is 55.0 Å². The van der Waals surface area contributed by atoms with Gasteiger partial charge in [0.05, 0.1) is 0 Å². The molecular weight excluding hydrogens is 370 g/mol. The van der Waals surface area contributed by atoms with Gasteiger partial charge >= 0.3 is 0 Å². The van der Waals surface area contributed by atoms with E-state index in [0.29, 0.717) is 5.76 Å². The molecule has 0 unspecified atom stereocenters. The standard InChI is InChI=1S/C19H16BrNO3/c1-13-11-14(7-9-17(13)20)21-19(22)18-10-8-16(24-18)12-23-15-5-3-2-4-6-15/h2-11H,12H2,1H3,(H,21,22). The molecule has 0 aliphatic heterocycles. The van der Waals surface area contributed by atoms with Crippen molar-refractivity contribution in [3.63, 3.8) is 0 Å². The van der Waals surface area contributed by atoms with Crippen molar-refractivity contribution >= 4 is 27.5 Å². The fourth-order valence-corrected chi connectivity index (χ4v) is 2.41. The zero-order valence-electron chi connectivity index (χ0n) is 13.1. The first-order valence-electron chi connectivity index (χ1n) is 7.46. The van der Waals surface area contributed by atoms with Crippen LogP contribution < -0.4 is 10.1 Å². The SMILES string of the molecule is Cc1cc(NC(=O)c2ccc(COc3ccccc3)o2)ccc1Br. The molecule has 0 saturated heterocycles. The van der Waals surface area contributed by atoms with Crippen molar-refractivity contribution in [1.82, 2.24) is 0 Å². The number of carbonyl (C=O) groups excluding carboxylic acids is 1. The maximum atomic E-state index is 12.2. The average Bonchev–Trinajstić information content (AvgIpc) is 3.06. The number of ether oxygens (including phenoxy) is 1. The summed E-state index contributed by atoms with van der Waals surface area (Å²) in [4.78, 5) is 12.2. The van der Waals surface area contributed by atoms with Gasteiger partial charge in [-0.2, -0.15) is 0 Å². The van der Waals surface area contributed by atoms with Crippen LogP contribution in [0.4, 0.5) is 5.69 Å². The van der Waals surface area contributed by atoms with Gasteiger partial charge in [-0.1, -0.05) is 34.1 Å². The van der Waals surface area contributed by atoms with Crippen molar-refractivity contribution in [3.05, 3.63) is 82.2 Å². The lowest BCUT2D eigenvalue weighted by molar-refractivity contribution is 0.0992. The number of hydrogen-bond acceptors (Lipinski definition) is 3. The first kappa shape index (κ1) is 16.3. The van der Waals surface area contributed by atoms with Crippen molar-refractivity contribution in [1.29, 1.82) is 0 Å². The number of rotatable bonds is 5. The molecule has 0 atom stereocenters. The number of halogens is 1. The fourth-order valence-electron chi connectivity index (χ4n) is 2.16. The van der Waals surface area contributed by atoms with Gasteiger partial charge in [0.15, 0.2) is 5.76 Å². The molecule has 5 heteroatoms. The summed E-state index contributed by atoms with van der Waals surface area (Å²) in [5.74, 6) is 1.31. The van der Waals surface area contributed by atoms with Crippen molar-refractivity contribution in [3.8, 4) is 5.75 Å². The van der Waals surface area contributed by atoms with Gasteiger partial charge in [-0.15, -0.1) is 0 Å². The van der Waals surface area contributed by atoms with E-state index in [2.05, 4.69) is 21.2 Å². The van der Waals surface area contributed by atoms with Crippen molar-refractivity contribution < 1.29 is 13.9 Å². The van der Waals surface area contributed by atoms with E-state index in [9.17, 15) is 4.79 Å².